The van der Waals surface area contributed by atoms with Gasteiger partial charge >= 0.3 is 0 Å². The van der Waals surface area contributed by atoms with E-state index in [9.17, 15) is 0 Å². The molecular formula is C3H12O6Y2. The Labute approximate surface area is 115 Å². The molecule has 0 unspecified atom stereocenters. The second-order valence-electron chi connectivity index (χ2n) is 0.424. The van der Waals surface area contributed by atoms with Crippen molar-refractivity contribution in [2.45, 2.75) is 0 Å². The van der Waals surface area contributed by atoms with Crippen molar-refractivity contribution in [3.05, 3.63) is 0 Å². The fourth-order valence-electron chi connectivity index (χ4n) is 0. The van der Waals surface area contributed by atoms with Crippen LogP contribution >= 0.6 is 0 Å². The molecule has 0 saturated carbocycles. The van der Waals surface area contributed by atoms with Gasteiger partial charge in [0.25, 0.3) is 0 Å². The standard InChI is InChI=1S/3CH4O2.2Y/c3*2-1-3;;/h3*2-3H,1H2;;. The Bertz CT molecular complexity index is 20.5. The fourth-order valence-corrected chi connectivity index (χ4v) is 0. The van der Waals surface area contributed by atoms with E-state index in [-0.39, 0.29) is 65.4 Å². The summed E-state index contributed by atoms with van der Waals surface area (Å²) in [6.45, 7) is -2.25. The SMILES string of the molecule is OCO.OCO.OCO.[Y].[Y]. The Kier molecular flexibility index (Phi) is 155. The maximum absolute atomic E-state index is 7.12. The number of hydrogen-bond acceptors (Lipinski definition) is 6. The van der Waals surface area contributed by atoms with E-state index in [2.05, 4.69) is 0 Å². The van der Waals surface area contributed by atoms with Crippen molar-refractivity contribution in [1.82, 2.24) is 0 Å². The quantitative estimate of drug-likeness (QED) is 0.261. The summed E-state index contributed by atoms with van der Waals surface area (Å²) in [5.41, 5.74) is 0. The van der Waals surface area contributed by atoms with Crippen LogP contribution in [-0.4, -0.2) is 51.0 Å². The molecule has 0 saturated heterocycles. The molecule has 11 heavy (non-hydrogen) atoms. The van der Waals surface area contributed by atoms with Crippen LogP contribution < -0.4 is 0 Å². The van der Waals surface area contributed by atoms with Crippen LogP contribution in [0.15, 0.2) is 0 Å². The van der Waals surface area contributed by atoms with Crippen molar-refractivity contribution < 1.29 is 96.1 Å². The third-order valence-corrected chi connectivity index (χ3v) is 0. The molecule has 2 radical (unpaired) electrons. The van der Waals surface area contributed by atoms with Crippen molar-refractivity contribution in [3.63, 3.8) is 0 Å². The van der Waals surface area contributed by atoms with Crippen LogP contribution in [0.4, 0.5) is 0 Å². The minimum absolute atomic E-state index is 0. The van der Waals surface area contributed by atoms with Crippen molar-refractivity contribution in [3.8, 4) is 0 Å². The molecule has 0 aromatic carbocycles. The molecule has 0 heterocycles. The molecule has 6 N–H and O–H groups in total. The molecule has 66 valence electrons. The van der Waals surface area contributed by atoms with Gasteiger partial charge in [-0.1, -0.05) is 0 Å². The van der Waals surface area contributed by atoms with E-state index in [0.29, 0.717) is 0 Å². The van der Waals surface area contributed by atoms with Crippen molar-refractivity contribution >= 4 is 0 Å². The van der Waals surface area contributed by atoms with E-state index in [0.717, 1.165) is 0 Å². The monoisotopic (exact) mass is 322 g/mol. The summed E-state index contributed by atoms with van der Waals surface area (Å²) in [6, 6.07) is 0. The zero-order valence-electron chi connectivity index (χ0n) is 5.96. The van der Waals surface area contributed by atoms with Gasteiger partial charge in [0.15, 0.2) is 0 Å². The maximum atomic E-state index is 7.12. The Morgan fingerprint density at radius 1 is 0.455 bits per heavy atom. The Balaban J connectivity index is -0.0000000150. The van der Waals surface area contributed by atoms with Crippen molar-refractivity contribution in [2.75, 3.05) is 20.4 Å². The van der Waals surface area contributed by atoms with Crippen LogP contribution in [0.25, 0.3) is 0 Å². The molecule has 0 atom stereocenters. The van der Waals surface area contributed by atoms with Gasteiger partial charge in [-0.05, 0) is 0 Å². The van der Waals surface area contributed by atoms with Crippen LogP contribution in [0.2, 0.25) is 0 Å². The number of hydrogen-bond donors (Lipinski definition) is 6. The zero-order chi connectivity index (χ0) is 8.12. The fraction of sp³-hybridized carbons (Fsp3) is 1.00. The first-order valence-electron chi connectivity index (χ1n) is 1.90. The van der Waals surface area contributed by atoms with Gasteiger partial charge < -0.3 is 30.6 Å². The molecular weight excluding hydrogens is 310 g/mol. The van der Waals surface area contributed by atoms with Gasteiger partial charge in [-0.15, -0.1) is 0 Å². The minimum Gasteiger partial charge on any atom is -0.371 e. The van der Waals surface area contributed by atoms with Crippen LogP contribution in [0.3, 0.4) is 0 Å². The molecule has 0 bridgehead atoms. The summed E-state index contributed by atoms with van der Waals surface area (Å²) in [5, 5.41) is 42.8. The van der Waals surface area contributed by atoms with Crippen molar-refractivity contribution in [2.24, 2.45) is 0 Å². The second-order valence-corrected chi connectivity index (χ2v) is 0.424. The summed E-state index contributed by atoms with van der Waals surface area (Å²) in [5.74, 6) is 0. The molecule has 0 aliphatic heterocycles. The molecule has 6 nitrogen and oxygen atoms in total. The summed E-state index contributed by atoms with van der Waals surface area (Å²) < 4.78 is 0. The van der Waals surface area contributed by atoms with E-state index in [1.165, 1.54) is 0 Å². The summed E-state index contributed by atoms with van der Waals surface area (Å²) in [6.07, 6.45) is 0. The van der Waals surface area contributed by atoms with Gasteiger partial charge in [0, 0.05) is 65.4 Å². The topological polar surface area (TPSA) is 121 Å². The van der Waals surface area contributed by atoms with Crippen molar-refractivity contribution in [1.29, 1.82) is 0 Å². The predicted molar refractivity (Wildman–Crippen MR) is 27.9 cm³/mol. The third-order valence-electron chi connectivity index (χ3n) is 0. The maximum Gasteiger partial charge on any atom is 0.140 e. The van der Waals surface area contributed by atoms with Crippen LogP contribution in [0.1, 0.15) is 0 Å². The normalized spacial score (nSPS) is 4.91. The van der Waals surface area contributed by atoms with Gasteiger partial charge in [0.1, 0.15) is 20.4 Å². The first-order valence-corrected chi connectivity index (χ1v) is 1.90. The van der Waals surface area contributed by atoms with E-state index < -0.39 is 20.4 Å². The Hall–Kier alpha value is 1.97. The van der Waals surface area contributed by atoms with E-state index in [4.69, 9.17) is 30.6 Å². The number of aliphatic hydroxyl groups is 6. The molecule has 0 spiro atoms. The minimum atomic E-state index is -0.750. The summed E-state index contributed by atoms with van der Waals surface area (Å²) in [7, 11) is 0. The van der Waals surface area contributed by atoms with Crippen LogP contribution in [0.5, 0.6) is 0 Å². The first-order chi connectivity index (χ1) is 4.24. The third kappa shape index (κ3) is 307. The second kappa shape index (κ2) is 58.3. The largest absolute Gasteiger partial charge is 0.371 e. The molecule has 0 fully saturated rings. The van der Waals surface area contributed by atoms with Gasteiger partial charge in [0.05, 0.1) is 0 Å². The number of rotatable bonds is 0. The smallest absolute Gasteiger partial charge is 0.140 e. The molecule has 0 rings (SSSR count). The molecule has 0 aromatic rings. The Morgan fingerprint density at radius 3 is 0.455 bits per heavy atom. The van der Waals surface area contributed by atoms with Gasteiger partial charge in [-0.25, -0.2) is 0 Å². The average Bonchev–Trinajstić information content (AvgIpc) is 1.70. The van der Waals surface area contributed by atoms with Gasteiger partial charge in [-0.3, -0.25) is 0 Å². The first kappa shape index (κ1) is 29.3. The summed E-state index contributed by atoms with van der Waals surface area (Å²) >= 11 is 0. The average molecular weight is 322 g/mol. The molecule has 8 heteroatoms. The van der Waals surface area contributed by atoms with Gasteiger partial charge in [0.2, 0.25) is 0 Å². The Morgan fingerprint density at radius 2 is 0.455 bits per heavy atom. The number of aliphatic hydroxyl groups excluding tert-OH is 3. The van der Waals surface area contributed by atoms with Crippen LogP contribution in [-0.2, 0) is 65.4 Å². The van der Waals surface area contributed by atoms with E-state index in [1.54, 1.807) is 0 Å². The predicted octanol–water partition coefficient (Wildman–Crippen LogP) is -3.22. The van der Waals surface area contributed by atoms with E-state index in [1.807, 2.05) is 0 Å². The molecule has 0 aliphatic rings. The summed E-state index contributed by atoms with van der Waals surface area (Å²) in [4.78, 5) is 0. The zero-order valence-corrected chi connectivity index (χ0v) is 11.6. The molecule has 0 aliphatic carbocycles. The van der Waals surface area contributed by atoms with Crippen LogP contribution in [0, 0.1) is 0 Å². The molecule has 0 amide bonds. The molecule has 0 aromatic heterocycles. The van der Waals surface area contributed by atoms with E-state index >= 15 is 0 Å². The van der Waals surface area contributed by atoms with Gasteiger partial charge in [-0.2, -0.15) is 0 Å².